The molecule has 0 bridgehead atoms. The van der Waals surface area contributed by atoms with E-state index in [0.717, 1.165) is 23.2 Å². The highest BCUT2D eigenvalue weighted by molar-refractivity contribution is 8.00. The minimum atomic E-state index is 0.548. The summed E-state index contributed by atoms with van der Waals surface area (Å²) in [5.41, 5.74) is 0.855. The van der Waals surface area contributed by atoms with Gasteiger partial charge in [-0.15, -0.1) is 11.8 Å². The van der Waals surface area contributed by atoms with Crippen molar-refractivity contribution in [2.75, 3.05) is 18.7 Å². The van der Waals surface area contributed by atoms with Gasteiger partial charge in [0.05, 0.1) is 27.4 Å². The molecule has 80 valence electrons. The van der Waals surface area contributed by atoms with E-state index in [1.807, 2.05) is 24.9 Å². The van der Waals surface area contributed by atoms with Crippen LogP contribution in [0.15, 0.2) is 23.2 Å². The first kappa shape index (κ1) is 11.1. The van der Waals surface area contributed by atoms with Crippen molar-refractivity contribution in [3.63, 3.8) is 0 Å². The van der Waals surface area contributed by atoms with E-state index in [9.17, 15) is 0 Å². The Balaban J connectivity index is 2.27. The Morgan fingerprint density at radius 2 is 2.13 bits per heavy atom. The molecule has 0 N–H and O–H groups in total. The average Bonchev–Trinajstić information content (AvgIpc) is 2.59. The number of thioether (sulfide) groups is 1. The van der Waals surface area contributed by atoms with Crippen LogP contribution >= 0.6 is 35.0 Å². The molecule has 1 saturated heterocycles. The van der Waals surface area contributed by atoms with Gasteiger partial charge in [-0.1, -0.05) is 23.2 Å². The van der Waals surface area contributed by atoms with E-state index in [0.29, 0.717) is 10.0 Å². The van der Waals surface area contributed by atoms with Crippen LogP contribution < -0.4 is 0 Å². The second-order valence-electron chi connectivity index (χ2n) is 3.30. The number of nitrogens with zero attached hydrogens (tertiary/aromatic N) is 2. The van der Waals surface area contributed by atoms with Crippen molar-refractivity contribution in [2.24, 2.45) is 4.99 Å². The summed E-state index contributed by atoms with van der Waals surface area (Å²) >= 11 is 13.6. The van der Waals surface area contributed by atoms with Crippen molar-refractivity contribution in [1.82, 2.24) is 4.90 Å². The number of hydrogen-bond donors (Lipinski definition) is 0. The van der Waals surface area contributed by atoms with E-state index in [4.69, 9.17) is 23.2 Å². The molecule has 1 heterocycles. The topological polar surface area (TPSA) is 15.6 Å². The Labute approximate surface area is 103 Å². The van der Waals surface area contributed by atoms with E-state index in [-0.39, 0.29) is 0 Å². The maximum absolute atomic E-state index is 5.92. The highest BCUT2D eigenvalue weighted by Gasteiger charge is 2.14. The SMILES string of the molecule is CN1CSCC1=Nc1ccc(Cl)c(Cl)c1. The zero-order valence-corrected chi connectivity index (χ0v) is 10.5. The Bertz CT molecular complexity index is 406. The van der Waals surface area contributed by atoms with Gasteiger partial charge in [-0.05, 0) is 18.2 Å². The molecule has 2 rings (SSSR count). The molecule has 0 radical (unpaired) electrons. The fourth-order valence-electron chi connectivity index (χ4n) is 1.28. The molecule has 1 aliphatic rings. The maximum atomic E-state index is 5.92. The molecule has 1 fully saturated rings. The first-order chi connectivity index (χ1) is 7.16. The Morgan fingerprint density at radius 1 is 1.33 bits per heavy atom. The fourth-order valence-corrected chi connectivity index (χ4v) is 2.55. The van der Waals surface area contributed by atoms with Gasteiger partial charge in [0.1, 0.15) is 5.84 Å². The minimum Gasteiger partial charge on any atom is -0.353 e. The summed E-state index contributed by atoms with van der Waals surface area (Å²) in [6.07, 6.45) is 0. The van der Waals surface area contributed by atoms with Crippen LogP contribution in [0.3, 0.4) is 0 Å². The summed E-state index contributed by atoms with van der Waals surface area (Å²) in [6.45, 7) is 0. The molecule has 0 unspecified atom stereocenters. The third-order valence-electron chi connectivity index (χ3n) is 2.12. The van der Waals surface area contributed by atoms with Crippen LogP contribution in [0, 0.1) is 0 Å². The van der Waals surface area contributed by atoms with Gasteiger partial charge < -0.3 is 4.90 Å². The van der Waals surface area contributed by atoms with E-state index >= 15 is 0 Å². The second-order valence-corrected chi connectivity index (χ2v) is 5.07. The van der Waals surface area contributed by atoms with Gasteiger partial charge in [-0.2, -0.15) is 0 Å². The van der Waals surface area contributed by atoms with Crippen LogP contribution in [0.25, 0.3) is 0 Å². The van der Waals surface area contributed by atoms with Crippen LogP contribution in [0.1, 0.15) is 0 Å². The lowest BCUT2D eigenvalue weighted by Gasteiger charge is -2.09. The molecule has 1 aliphatic heterocycles. The Morgan fingerprint density at radius 3 is 2.73 bits per heavy atom. The predicted octanol–water partition coefficient (Wildman–Crippen LogP) is 3.66. The maximum Gasteiger partial charge on any atom is 0.115 e. The number of benzene rings is 1. The van der Waals surface area contributed by atoms with E-state index < -0.39 is 0 Å². The van der Waals surface area contributed by atoms with Crippen LogP contribution in [-0.2, 0) is 0 Å². The normalized spacial score (nSPS) is 18.9. The van der Waals surface area contributed by atoms with Crippen LogP contribution in [0.5, 0.6) is 0 Å². The zero-order chi connectivity index (χ0) is 10.8. The third-order valence-corrected chi connectivity index (χ3v) is 3.89. The minimum absolute atomic E-state index is 0.548. The van der Waals surface area contributed by atoms with Crippen molar-refractivity contribution in [1.29, 1.82) is 0 Å². The van der Waals surface area contributed by atoms with Crippen molar-refractivity contribution in [3.8, 4) is 0 Å². The van der Waals surface area contributed by atoms with Gasteiger partial charge in [0, 0.05) is 7.05 Å². The van der Waals surface area contributed by atoms with Gasteiger partial charge in [0.25, 0.3) is 0 Å². The molecule has 1 aromatic carbocycles. The van der Waals surface area contributed by atoms with Gasteiger partial charge in [0.2, 0.25) is 0 Å². The third kappa shape index (κ3) is 2.60. The summed E-state index contributed by atoms with van der Waals surface area (Å²) in [6, 6.07) is 5.43. The lowest BCUT2D eigenvalue weighted by Crippen LogP contribution is -2.19. The summed E-state index contributed by atoms with van der Waals surface area (Å²) in [5.74, 6) is 3.04. The van der Waals surface area contributed by atoms with E-state index in [1.165, 1.54) is 0 Å². The monoisotopic (exact) mass is 260 g/mol. The average molecular weight is 261 g/mol. The van der Waals surface area contributed by atoms with Crippen molar-refractivity contribution in [3.05, 3.63) is 28.2 Å². The zero-order valence-electron chi connectivity index (χ0n) is 8.20. The van der Waals surface area contributed by atoms with Gasteiger partial charge in [-0.25, -0.2) is 4.99 Å². The number of hydrogen-bond acceptors (Lipinski definition) is 2. The number of aliphatic imine (C=N–C) groups is 1. The molecule has 5 heteroatoms. The molecular formula is C10H10Cl2N2S. The standard InChI is InChI=1S/C10H10Cl2N2S/c1-14-6-15-5-10(14)13-7-2-3-8(11)9(12)4-7/h2-4H,5-6H2,1H3. The van der Waals surface area contributed by atoms with E-state index in [1.54, 1.807) is 12.1 Å². The summed E-state index contributed by atoms with van der Waals surface area (Å²) in [5, 5.41) is 1.11. The molecule has 0 amide bonds. The molecule has 0 aromatic heterocycles. The smallest absolute Gasteiger partial charge is 0.115 e. The van der Waals surface area contributed by atoms with Gasteiger partial charge in [-0.3, -0.25) is 0 Å². The Hall–Kier alpha value is -0.380. The quantitative estimate of drug-likeness (QED) is 0.766. The molecule has 1 aromatic rings. The summed E-state index contributed by atoms with van der Waals surface area (Å²) in [4.78, 5) is 6.65. The van der Waals surface area contributed by atoms with E-state index in [2.05, 4.69) is 9.89 Å². The molecule has 0 atom stereocenters. The molecule has 15 heavy (non-hydrogen) atoms. The number of halogens is 2. The fraction of sp³-hybridized carbons (Fsp3) is 0.300. The first-order valence-corrected chi connectivity index (χ1v) is 6.39. The predicted molar refractivity (Wildman–Crippen MR) is 68.6 cm³/mol. The van der Waals surface area contributed by atoms with Crippen molar-refractivity contribution in [2.45, 2.75) is 0 Å². The van der Waals surface area contributed by atoms with Crippen molar-refractivity contribution < 1.29 is 0 Å². The highest BCUT2D eigenvalue weighted by Crippen LogP contribution is 2.27. The molecule has 0 aliphatic carbocycles. The van der Waals surface area contributed by atoms with Gasteiger partial charge in [0.15, 0.2) is 0 Å². The largest absolute Gasteiger partial charge is 0.353 e. The van der Waals surface area contributed by atoms with Crippen LogP contribution in [0.4, 0.5) is 5.69 Å². The van der Waals surface area contributed by atoms with Crippen LogP contribution in [0.2, 0.25) is 10.0 Å². The van der Waals surface area contributed by atoms with Crippen LogP contribution in [-0.4, -0.2) is 29.4 Å². The molecular weight excluding hydrogens is 251 g/mol. The highest BCUT2D eigenvalue weighted by atomic mass is 35.5. The Kier molecular flexibility index (Phi) is 3.44. The first-order valence-electron chi connectivity index (χ1n) is 4.48. The van der Waals surface area contributed by atoms with Gasteiger partial charge >= 0.3 is 0 Å². The second kappa shape index (κ2) is 4.64. The molecule has 2 nitrogen and oxygen atoms in total. The number of amidine groups is 1. The lowest BCUT2D eigenvalue weighted by molar-refractivity contribution is 0.610. The molecule has 0 saturated carbocycles. The lowest BCUT2D eigenvalue weighted by atomic mass is 10.3. The molecule has 0 spiro atoms. The number of rotatable bonds is 1. The summed E-state index contributed by atoms with van der Waals surface area (Å²) in [7, 11) is 2.04. The summed E-state index contributed by atoms with van der Waals surface area (Å²) < 4.78 is 0. The van der Waals surface area contributed by atoms with Crippen molar-refractivity contribution >= 4 is 46.5 Å².